The molecule has 0 amide bonds. The molecule has 2 aromatic carbocycles. The number of benzene rings is 2. The van der Waals surface area contributed by atoms with Gasteiger partial charge in [0.25, 0.3) is 0 Å². The van der Waals surface area contributed by atoms with E-state index < -0.39 is 0 Å². The molecule has 0 aliphatic carbocycles. The second-order valence-corrected chi connectivity index (χ2v) is 8.42. The monoisotopic (exact) mass is 449 g/mol. The Morgan fingerprint density at radius 1 is 1.04 bits per heavy atom. The summed E-state index contributed by atoms with van der Waals surface area (Å²) in [5.41, 5.74) is 4.02. The number of aromatic nitrogens is 5. The van der Waals surface area contributed by atoms with Crippen LogP contribution in [0.25, 0.3) is 37.7 Å². The Kier molecular flexibility index (Phi) is 4.41. The molecule has 0 N–H and O–H groups in total. The quantitative estimate of drug-likeness (QED) is 0.348. The predicted octanol–water partition coefficient (Wildman–Crippen LogP) is 5.78. The first-order valence-corrected chi connectivity index (χ1v) is 10.7. The summed E-state index contributed by atoms with van der Waals surface area (Å²) in [6.45, 7) is 2.13. The number of halogens is 1. The third kappa shape index (κ3) is 3.00. The Balaban J connectivity index is 1.76. The van der Waals surface area contributed by atoms with Gasteiger partial charge in [0.15, 0.2) is 5.82 Å². The molecule has 0 saturated heterocycles. The van der Waals surface area contributed by atoms with Crippen LogP contribution in [0.3, 0.4) is 0 Å². The van der Waals surface area contributed by atoms with Crippen molar-refractivity contribution in [2.75, 3.05) is 0 Å². The smallest absolute Gasteiger partial charge is 0.234 e. The van der Waals surface area contributed by atoms with Crippen molar-refractivity contribution in [1.82, 2.24) is 24.8 Å². The van der Waals surface area contributed by atoms with Gasteiger partial charge in [0.05, 0.1) is 11.2 Å². The summed E-state index contributed by atoms with van der Waals surface area (Å²) < 4.78 is 2.89. The van der Waals surface area contributed by atoms with Gasteiger partial charge in [-0.15, -0.1) is 10.2 Å². The fourth-order valence-corrected chi connectivity index (χ4v) is 4.53. The van der Waals surface area contributed by atoms with Crippen LogP contribution in [-0.2, 0) is 6.42 Å². The van der Waals surface area contributed by atoms with Crippen LogP contribution in [0, 0.1) is 0 Å². The zero-order valence-electron chi connectivity index (χ0n) is 15.1. The fourth-order valence-electron chi connectivity index (χ4n) is 3.28. The third-order valence-electron chi connectivity index (χ3n) is 4.60. The van der Waals surface area contributed by atoms with Crippen molar-refractivity contribution in [3.63, 3.8) is 0 Å². The molecule has 0 radical (unpaired) electrons. The fraction of sp³-hybridized carbons (Fsp3) is 0.143. The molecular formula is C21H16BrN5S. The third-order valence-corrected chi connectivity index (χ3v) is 6.03. The van der Waals surface area contributed by atoms with E-state index >= 15 is 0 Å². The van der Waals surface area contributed by atoms with Gasteiger partial charge in [-0.05, 0) is 30.7 Å². The van der Waals surface area contributed by atoms with Gasteiger partial charge < -0.3 is 0 Å². The highest BCUT2D eigenvalue weighted by Crippen LogP contribution is 2.35. The average Bonchev–Trinajstić information content (AvgIpc) is 3.30. The Hall–Kier alpha value is -2.64. The van der Waals surface area contributed by atoms with Gasteiger partial charge in [0.1, 0.15) is 5.01 Å². The van der Waals surface area contributed by atoms with E-state index in [0.717, 1.165) is 60.8 Å². The summed E-state index contributed by atoms with van der Waals surface area (Å²) in [6.07, 6.45) is 1.87. The van der Waals surface area contributed by atoms with Crippen molar-refractivity contribution in [2.24, 2.45) is 0 Å². The van der Waals surface area contributed by atoms with Crippen LogP contribution in [0.4, 0.5) is 0 Å². The van der Waals surface area contributed by atoms with E-state index in [9.17, 15) is 0 Å². The van der Waals surface area contributed by atoms with Crippen LogP contribution in [-0.4, -0.2) is 24.8 Å². The number of rotatable bonds is 4. The van der Waals surface area contributed by atoms with Gasteiger partial charge in [0, 0.05) is 27.4 Å². The summed E-state index contributed by atoms with van der Waals surface area (Å²) in [6, 6.07) is 18.5. The van der Waals surface area contributed by atoms with Crippen molar-refractivity contribution in [3.8, 4) is 21.8 Å². The van der Waals surface area contributed by atoms with Crippen LogP contribution in [0.1, 0.15) is 19.2 Å². The maximum absolute atomic E-state index is 4.88. The molecule has 5 rings (SSSR count). The molecule has 0 unspecified atom stereocenters. The number of pyridine rings is 1. The van der Waals surface area contributed by atoms with E-state index in [4.69, 9.17) is 10.1 Å². The highest BCUT2D eigenvalue weighted by Gasteiger charge is 2.16. The first kappa shape index (κ1) is 17.5. The minimum atomic E-state index is 0.819. The molecule has 0 bridgehead atoms. The van der Waals surface area contributed by atoms with Crippen LogP contribution in [0.15, 0.2) is 59.1 Å². The van der Waals surface area contributed by atoms with E-state index in [1.54, 1.807) is 11.3 Å². The molecule has 0 aliphatic rings. The topological polar surface area (TPSA) is 56.0 Å². The van der Waals surface area contributed by atoms with E-state index in [0.29, 0.717) is 0 Å². The van der Waals surface area contributed by atoms with Crippen LogP contribution < -0.4 is 0 Å². The number of hydrogen-bond donors (Lipinski definition) is 0. The highest BCUT2D eigenvalue weighted by atomic mass is 79.9. The second kappa shape index (κ2) is 7.07. The summed E-state index contributed by atoms with van der Waals surface area (Å²) in [7, 11) is 0. The molecule has 5 aromatic rings. The lowest BCUT2D eigenvalue weighted by molar-refractivity contribution is 0.778. The molecule has 0 spiro atoms. The van der Waals surface area contributed by atoms with Gasteiger partial charge in [-0.2, -0.15) is 9.61 Å². The summed E-state index contributed by atoms with van der Waals surface area (Å²) in [5, 5.41) is 15.4. The number of hydrogen-bond acceptors (Lipinski definition) is 5. The molecule has 0 atom stereocenters. The SMILES string of the molecule is CCCc1nnc2sc(-c3cc(-c4ccccc4)nc4ccc(Br)cc34)nn12. The standard InChI is InChI=1S/C21H16BrN5S/c1-2-6-19-24-25-21-27(19)26-20(28-21)16-12-18(13-7-4-3-5-8-13)23-17-10-9-14(22)11-15(16)17/h3-5,7-12H,2,6H2,1H3. The molecule has 138 valence electrons. The molecular weight excluding hydrogens is 434 g/mol. The largest absolute Gasteiger partial charge is 0.248 e. The summed E-state index contributed by atoms with van der Waals surface area (Å²) in [5.74, 6) is 0.905. The molecule has 7 heteroatoms. The number of aryl methyl sites for hydroxylation is 1. The van der Waals surface area contributed by atoms with Crippen molar-refractivity contribution in [3.05, 3.63) is 64.9 Å². The number of fused-ring (bicyclic) bond motifs is 2. The molecule has 0 saturated carbocycles. The van der Waals surface area contributed by atoms with Crippen molar-refractivity contribution in [2.45, 2.75) is 19.8 Å². The van der Waals surface area contributed by atoms with E-state index in [1.807, 2.05) is 34.8 Å². The normalized spacial score (nSPS) is 11.5. The van der Waals surface area contributed by atoms with E-state index in [2.05, 4.69) is 57.3 Å². The number of nitrogens with zero attached hydrogens (tertiary/aromatic N) is 5. The molecule has 0 aliphatic heterocycles. The summed E-state index contributed by atoms with van der Waals surface area (Å²) in [4.78, 5) is 5.70. The van der Waals surface area contributed by atoms with Gasteiger partial charge in [-0.3, -0.25) is 0 Å². The molecule has 0 fully saturated rings. The average molecular weight is 450 g/mol. The molecule has 3 aromatic heterocycles. The minimum Gasteiger partial charge on any atom is -0.248 e. The zero-order valence-corrected chi connectivity index (χ0v) is 17.5. The van der Waals surface area contributed by atoms with Gasteiger partial charge in [-0.25, -0.2) is 4.98 Å². The first-order chi connectivity index (χ1) is 13.7. The van der Waals surface area contributed by atoms with Crippen LogP contribution in [0.2, 0.25) is 0 Å². The molecule has 5 nitrogen and oxygen atoms in total. The van der Waals surface area contributed by atoms with E-state index in [-0.39, 0.29) is 0 Å². The Labute approximate surface area is 174 Å². The predicted molar refractivity (Wildman–Crippen MR) is 117 cm³/mol. The zero-order chi connectivity index (χ0) is 19.1. The van der Waals surface area contributed by atoms with E-state index in [1.165, 1.54) is 0 Å². The maximum Gasteiger partial charge on any atom is 0.234 e. The van der Waals surface area contributed by atoms with Crippen LogP contribution in [0.5, 0.6) is 0 Å². The lowest BCUT2D eigenvalue weighted by atomic mass is 10.0. The van der Waals surface area contributed by atoms with Gasteiger partial charge in [0.2, 0.25) is 4.96 Å². The summed E-state index contributed by atoms with van der Waals surface area (Å²) >= 11 is 5.15. The lowest BCUT2D eigenvalue weighted by Gasteiger charge is -2.08. The van der Waals surface area contributed by atoms with Crippen molar-refractivity contribution >= 4 is 43.1 Å². The minimum absolute atomic E-state index is 0.819. The second-order valence-electron chi connectivity index (χ2n) is 6.55. The van der Waals surface area contributed by atoms with Gasteiger partial charge in [-0.1, -0.05) is 64.5 Å². The van der Waals surface area contributed by atoms with Gasteiger partial charge >= 0.3 is 0 Å². The first-order valence-electron chi connectivity index (χ1n) is 9.10. The van der Waals surface area contributed by atoms with Crippen LogP contribution >= 0.6 is 27.3 Å². The van der Waals surface area contributed by atoms with Crippen molar-refractivity contribution in [1.29, 1.82) is 0 Å². The van der Waals surface area contributed by atoms with Crippen molar-refractivity contribution < 1.29 is 0 Å². The highest BCUT2D eigenvalue weighted by molar-refractivity contribution is 9.10. The molecule has 28 heavy (non-hydrogen) atoms. The maximum atomic E-state index is 4.88. The molecule has 3 heterocycles. The Morgan fingerprint density at radius 3 is 2.71 bits per heavy atom. The Bertz CT molecular complexity index is 1290. The Morgan fingerprint density at radius 2 is 1.89 bits per heavy atom. The lowest BCUT2D eigenvalue weighted by Crippen LogP contribution is -1.96.